The summed E-state index contributed by atoms with van der Waals surface area (Å²) < 4.78 is 10.5. The molecule has 102 valence electrons. The molecule has 1 rings (SSSR count). The second kappa shape index (κ2) is 8.30. The van der Waals surface area contributed by atoms with Gasteiger partial charge in [0.15, 0.2) is 0 Å². The highest BCUT2D eigenvalue weighted by Crippen LogP contribution is 2.18. The number of hydrogen-bond acceptors (Lipinski definition) is 4. The predicted molar refractivity (Wildman–Crippen MR) is 75.0 cm³/mol. The van der Waals surface area contributed by atoms with Gasteiger partial charge in [0.1, 0.15) is 11.8 Å². The van der Waals surface area contributed by atoms with Crippen LogP contribution in [0.1, 0.15) is 18.1 Å². The summed E-state index contributed by atoms with van der Waals surface area (Å²) in [4.78, 5) is 0. The minimum atomic E-state index is 0.556. The lowest BCUT2D eigenvalue weighted by Crippen LogP contribution is -2.19. The van der Waals surface area contributed by atoms with Crippen LogP contribution in [-0.4, -0.2) is 26.9 Å². The largest absolute Gasteiger partial charge is 0.495 e. The van der Waals surface area contributed by atoms with Gasteiger partial charge in [0.2, 0.25) is 0 Å². The van der Waals surface area contributed by atoms with Crippen LogP contribution in [0.15, 0.2) is 30.4 Å². The molecular formula is C15H20N2O2. The van der Waals surface area contributed by atoms with E-state index in [0.29, 0.717) is 31.1 Å². The zero-order valence-corrected chi connectivity index (χ0v) is 11.5. The van der Waals surface area contributed by atoms with Gasteiger partial charge in [-0.25, -0.2) is 0 Å². The fraction of sp³-hybridized carbons (Fsp3) is 0.400. The van der Waals surface area contributed by atoms with Gasteiger partial charge in [-0.3, -0.25) is 0 Å². The molecule has 0 saturated carbocycles. The average Bonchev–Trinajstić information content (AvgIpc) is 2.42. The van der Waals surface area contributed by atoms with Crippen LogP contribution in [0.5, 0.6) is 5.75 Å². The van der Waals surface area contributed by atoms with Gasteiger partial charge in [-0.15, -0.1) is 0 Å². The van der Waals surface area contributed by atoms with Crippen LogP contribution in [0.2, 0.25) is 0 Å². The Morgan fingerprint density at radius 1 is 1.47 bits per heavy atom. The minimum absolute atomic E-state index is 0.556. The van der Waals surface area contributed by atoms with Gasteiger partial charge in [-0.05, 0) is 24.6 Å². The number of nitriles is 1. The molecule has 0 heterocycles. The van der Waals surface area contributed by atoms with E-state index in [2.05, 4.69) is 18.0 Å². The van der Waals surface area contributed by atoms with Crippen molar-refractivity contribution in [3.8, 4) is 11.8 Å². The number of nitrogens with one attached hydrogen (secondary N) is 1. The van der Waals surface area contributed by atoms with E-state index < -0.39 is 0 Å². The smallest absolute Gasteiger partial charge is 0.136 e. The molecule has 0 unspecified atom stereocenters. The van der Waals surface area contributed by atoms with Crippen molar-refractivity contribution < 1.29 is 9.47 Å². The molecule has 4 nitrogen and oxygen atoms in total. The van der Waals surface area contributed by atoms with Crippen LogP contribution < -0.4 is 10.1 Å². The second-order valence-corrected chi connectivity index (χ2v) is 4.33. The molecule has 0 aromatic heterocycles. The number of ether oxygens (including phenoxy) is 2. The van der Waals surface area contributed by atoms with Gasteiger partial charge in [0.25, 0.3) is 0 Å². The topological polar surface area (TPSA) is 54.3 Å². The number of rotatable bonds is 8. The Bertz CT molecular complexity index is 464. The van der Waals surface area contributed by atoms with E-state index in [1.165, 1.54) is 0 Å². The van der Waals surface area contributed by atoms with Gasteiger partial charge < -0.3 is 14.8 Å². The average molecular weight is 260 g/mol. The number of benzene rings is 1. The molecule has 0 aliphatic heterocycles. The van der Waals surface area contributed by atoms with E-state index in [-0.39, 0.29) is 0 Å². The Morgan fingerprint density at radius 2 is 2.26 bits per heavy atom. The fourth-order valence-electron chi connectivity index (χ4n) is 1.58. The van der Waals surface area contributed by atoms with Gasteiger partial charge in [0.05, 0.1) is 25.9 Å². The first kappa shape index (κ1) is 15.2. The van der Waals surface area contributed by atoms with E-state index in [1.54, 1.807) is 7.11 Å². The zero-order valence-electron chi connectivity index (χ0n) is 11.5. The second-order valence-electron chi connectivity index (χ2n) is 4.33. The van der Waals surface area contributed by atoms with Crippen LogP contribution in [0.4, 0.5) is 0 Å². The third-order valence-electron chi connectivity index (χ3n) is 2.49. The van der Waals surface area contributed by atoms with E-state index in [9.17, 15) is 0 Å². The van der Waals surface area contributed by atoms with E-state index in [1.807, 2.05) is 25.1 Å². The summed E-state index contributed by atoms with van der Waals surface area (Å²) in [5.74, 6) is 0.607. The molecule has 0 aliphatic rings. The van der Waals surface area contributed by atoms with Gasteiger partial charge in [-0.2, -0.15) is 5.26 Å². The Labute approximate surface area is 114 Å². The van der Waals surface area contributed by atoms with Crippen molar-refractivity contribution in [3.63, 3.8) is 0 Å². The first-order valence-electron chi connectivity index (χ1n) is 6.17. The maximum Gasteiger partial charge on any atom is 0.136 e. The van der Waals surface area contributed by atoms with Gasteiger partial charge in [0, 0.05) is 13.1 Å². The Kier molecular flexibility index (Phi) is 6.65. The van der Waals surface area contributed by atoms with Crippen molar-refractivity contribution in [2.45, 2.75) is 13.5 Å². The van der Waals surface area contributed by atoms with Crippen molar-refractivity contribution in [3.05, 3.63) is 41.5 Å². The summed E-state index contributed by atoms with van der Waals surface area (Å²) >= 11 is 0. The molecule has 19 heavy (non-hydrogen) atoms. The van der Waals surface area contributed by atoms with Crippen molar-refractivity contribution in [1.82, 2.24) is 5.32 Å². The maximum atomic E-state index is 8.99. The molecule has 0 spiro atoms. The lowest BCUT2D eigenvalue weighted by Gasteiger charge is -2.08. The maximum absolute atomic E-state index is 8.99. The first-order chi connectivity index (χ1) is 9.17. The highest BCUT2D eigenvalue weighted by Gasteiger charge is 2.03. The van der Waals surface area contributed by atoms with E-state index in [4.69, 9.17) is 14.7 Å². The molecule has 0 fully saturated rings. The highest BCUT2D eigenvalue weighted by atomic mass is 16.5. The van der Waals surface area contributed by atoms with Crippen LogP contribution in [0.25, 0.3) is 0 Å². The van der Waals surface area contributed by atoms with Crippen molar-refractivity contribution in [1.29, 1.82) is 5.26 Å². The fourth-order valence-corrected chi connectivity index (χ4v) is 1.58. The Morgan fingerprint density at radius 3 is 2.89 bits per heavy atom. The molecule has 0 atom stereocenters. The molecule has 0 amide bonds. The summed E-state index contributed by atoms with van der Waals surface area (Å²) in [6, 6.07) is 7.72. The molecule has 1 aromatic rings. The Hall–Kier alpha value is -1.83. The molecule has 4 heteroatoms. The number of methoxy groups -OCH3 is 1. The normalized spacial score (nSPS) is 9.95. The van der Waals surface area contributed by atoms with Crippen LogP contribution in [0, 0.1) is 11.3 Å². The summed E-state index contributed by atoms with van der Waals surface area (Å²) in [6.45, 7) is 8.42. The predicted octanol–water partition coefficient (Wildman–Crippen LogP) is 2.25. The third-order valence-corrected chi connectivity index (χ3v) is 2.49. The lowest BCUT2D eigenvalue weighted by atomic mass is 10.1. The quantitative estimate of drug-likeness (QED) is 0.575. The van der Waals surface area contributed by atoms with Crippen molar-refractivity contribution >= 4 is 0 Å². The standard InChI is InChI=1S/C15H20N2O2/c1-12(2)11-19-7-6-17-10-13-4-5-15(18-3)14(8-13)9-16/h4-5,8,17H,1,6-7,10-11H2,2-3H3. The number of nitrogens with zero attached hydrogens (tertiary/aromatic N) is 1. The van der Waals surface area contributed by atoms with E-state index in [0.717, 1.165) is 17.7 Å². The van der Waals surface area contributed by atoms with Crippen LogP contribution in [-0.2, 0) is 11.3 Å². The van der Waals surface area contributed by atoms with E-state index >= 15 is 0 Å². The highest BCUT2D eigenvalue weighted by molar-refractivity contribution is 5.45. The molecule has 0 saturated heterocycles. The molecule has 1 N–H and O–H groups in total. The van der Waals surface area contributed by atoms with Crippen LogP contribution in [0.3, 0.4) is 0 Å². The molecular weight excluding hydrogens is 240 g/mol. The first-order valence-corrected chi connectivity index (χ1v) is 6.17. The Balaban J connectivity index is 2.34. The van der Waals surface area contributed by atoms with Crippen LogP contribution >= 0.6 is 0 Å². The lowest BCUT2D eigenvalue weighted by molar-refractivity contribution is 0.158. The van der Waals surface area contributed by atoms with Gasteiger partial charge >= 0.3 is 0 Å². The molecule has 0 aliphatic carbocycles. The monoisotopic (exact) mass is 260 g/mol. The minimum Gasteiger partial charge on any atom is -0.495 e. The zero-order chi connectivity index (χ0) is 14.1. The summed E-state index contributed by atoms with van der Waals surface area (Å²) in [5.41, 5.74) is 2.63. The van der Waals surface area contributed by atoms with Crippen molar-refractivity contribution in [2.75, 3.05) is 26.9 Å². The summed E-state index contributed by atoms with van der Waals surface area (Å²) in [6.07, 6.45) is 0. The van der Waals surface area contributed by atoms with Gasteiger partial charge in [-0.1, -0.05) is 18.2 Å². The molecule has 1 aromatic carbocycles. The molecule has 0 bridgehead atoms. The summed E-state index contributed by atoms with van der Waals surface area (Å²) in [7, 11) is 1.56. The van der Waals surface area contributed by atoms with Crippen molar-refractivity contribution in [2.24, 2.45) is 0 Å². The number of hydrogen-bond donors (Lipinski definition) is 1. The third kappa shape index (κ3) is 5.56. The SMILES string of the molecule is C=C(C)COCCNCc1ccc(OC)c(C#N)c1. The summed E-state index contributed by atoms with van der Waals surface area (Å²) in [5, 5.41) is 12.2. The molecule has 0 radical (unpaired) electrons.